The van der Waals surface area contributed by atoms with Crippen molar-refractivity contribution in [3.8, 4) is 0 Å². The lowest BCUT2D eigenvalue weighted by molar-refractivity contribution is 0.605. The molecule has 0 radical (unpaired) electrons. The molecular weight excluding hydrogens is 312 g/mol. The first-order valence-corrected chi connectivity index (χ1v) is 8.48. The third kappa shape index (κ3) is 3.38. The number of nitrogens with one attached hydrogen (secondary N) is 1. The molecule has 3 heterocycles. The lowest BCUT2D eigenvalue weighted by Crippen LogP contribution is -2.02. The first-order valence-electron chi connectivity index (χ1n) is 8.48. The molecule has 6 heteroatoms. The number of pyridine rings is 1. The molecule has 1 aromatic carbocycles. The summed E-state index contributed by atoms with van der Waals surface area (Å²) >= 11 is 0. The van der Waals surface area contributed by atoms with Gasteiger partial charge in [0.2, 0.25) is 0 Å². The summed E-state index contributed by atoms with van der Waals surface area (Å²) in [4.78, 5) is 4.46. The maximum Gasteiger partial charge on any atom is 0.153 e. The minimum atomic E-state index is 0.735. The van der Waals surface area contributed by atoms with Gasteiger partial charge in [0.05, 0.1) is 18.3 Å². The Morgan fingerprint density at radius 1 is 1.04 bits per heavy atom. The molecule has 0 aliphatic heterocycles. The van der Waals surface area contributed by atoms with Crippen LogP contribution in [-0.4, -0.2) is 24.5 Å². The Labute approximate surface area is 146 Å². The third-order valence-electron chi connectivity index (χ3n) is 4.05. The second-order valence-electron chi connectivity index (χ2n) is 6.01. The van der Waals surface area contributed by atoms with E-state index in [1.807, 2.05) is 58.3 Å². The van der Waals surface area contributed by atoms with E-state index in [1.54, 1.807) is 0 Å². The van der Waals surface area contributed by atoms with Crippen LogP contribution in [-0.2, 0) is 13.1 Å². The molecule has 6 nitrogen and oxygen atoms in total. The van der Waals surface area contributed by atoms with Gasteiger partial charge in [-0.15, -0.1) is 0 Å². The third-order valence-corrected chi connectivity index (χ3v) is 4.05. The van der Waals surface area contributed by atoms with Gasteiger partial charge in [0.1, 0.15) is 5.82 Å². The molecule has 25 heavy (non-hydrogen) atoms. The van der Waals surface area contributed by atoms with Crippen molar-refractivity contribution in [2.45, 2.75) is 26.4 Å². The fourth-order valence-electron chi connectivity index (χ4n) is 2.84. The highest BCUT2D eigenvalue weighted by Gasteiger charge is 2.07. The second kappa shape index (κ2) is 6.76. The standard InChI is InChI=1S/C19H20N6/c1-2-9-24-10-8-18(23-24)22-19-11-17-16(12-20-19)13-21-25(17)14-15-6-4-3-5-7-15/h3-8,10-13H,2,9,14H2,1H3,(H,20,22,23). The number of anilines is 2. The quantitative estimate of drug-likeness (QED) is 0.583. The highest BCUT2D eigenvalue weighted by molar-refractivity contribution is 5.80. The number of benzene rings is 1. The van der Waals surface area contributed by atoms with Crippen LogP contribution in [0.2, 0.25) is 0 Å². The van der Waals surface area contributed by atoms with E-state index in [4.69, 9.17) is 0 Å². The number of hydrogen-bond acceptors (Lipinski definition) is 4. The van der Waals surface area contributed by atoms with Crippen LogP contribution in [0.1, 0.15) is 18.9 Å². The number of rotatable bonds is 6. The summed E-state index contributed by atoms with van der Waals surface area (Å²) in [5.41, 5.74) is 2.27. The molecule has 0 amide bonds. The Hall–Kier alpha value is -3.15. The summed E-state index contributed by atoms with van der Waals surface area (Å²) in [6, 6.07) is 14.3. The van der Waals surface area contributed by atoms with Gasteiger partial charge in [0, 0.05) is 36.5 Å². The van der Waals surface area contributed by atoms with Crippen molar-refractivity contribution in [3.63, 3.8) is 0 Å². The van der Waals surface area contributed by atoms with E-state index in [-0.39, 0.29) is 0 Å². The lowest BCUT2D eigenvalue weighted by atomic mass is 10.2. The topological polar surface area (TPSA) is 60.6 Å². The van der Waals surface area contributed by atoms with Gasteiger partial charge < -0.3 is 5.32 Å². The van der Waals surface area contributed by atoms with Gasteiger partial charge in [-0.25, -0.2) is 4.98 Å². The van der Waals surface area contributed by atoms with Crippen LogP contribution in [0.5, 0.6) is 0 Å². The van der Waals surface area contributed by atoms with Crippen molar-refractivity contribution in [2.75, 3.05) is 5.32 Å². The minimum absolute atomic E-state index is 0.735. The Morgan fingerprint density at radius 2 is 1.92 bits per heavy atom. The van der Waals surface area contributed by atoms with Crippen molar-refractivity contribution in [3.05, 3.63) is 66.6 Å². The smallest absolute Gasteiger partial charge is 0.153 e. The van der Waals surface area contributed by atoms with E-state index >= 15 is 0 Å². The molecule has 0 unspecified atom stereocenters. The number of aryl methyl sites for hydroxylation is 1. The first-order chi connectivity index (χ1) is 12.3. The van der Waals surface area contributed by atoms with Crippen LogP contribution in [0.25, 0.3) is 10.9 Å². The van der Waals surface area contributed by atoms with Crippen LogP contribution >= 0.6 is 0 Å². The van der Waals surface area contributed by atoms with Gasteiger partial charge in [-0.2, -0.15) is 10.2 Å². The predicted octanol–water partition coefficient (Wildman–Crippen LogP) is 3.83. The predicted molar refractivity (Wildman–Crippen MR) is 98.9 cm³/mol. The van der Waals surface area contributed by atoms with E-state index in [9.17, 15) is 0 Å². The van der Waals surface area contributed by atoms with E-state index in [1.165, 1.54) is 5.56 Å². The summed E-state index contributed by atoms with van der Waals surface area (Å²) in [6.07, 6.45) is 6.73. The SMILES string of the molecule is CCCn1ccc(Nc2cc3c(cn2)cnn3Cc2ccccc2)n1. The van der Waals surface area contributed by atoms with E-state index in [0.29, 0.717) is 0 Å². The molecule has 0 aliphatic rings. The summed E-state index contributed by atoms with van der Waals surface area (Å²) in [6.45, 7) is 3.79. The summed E-state index contributed by atoms with van der Waals surface area (Å²) < 4.78 is 3.92. The Kier molecular flexibility index (Phi) is 4.16. The molecule has 0 aliphatic carbocycles. The van der Waals surface area contributed by atoms with Crippen LogP contribution in [0.4, 0.5) is 11.6 Å². The molecule has 0 bridgehead atoms. The Morgan fingerprint density at radius 3 is 2.76 bits per heavy atom. The molecule has 0 saturated heterocycles. The Bertz CT molecular complexity index is 970. The summed E-state index contributed by atoms with van der Waals surface area (Å²) in [5, 5.41) is 13.3. The molecule has 0 atom stereocenters. The lowest BCUT2D eigenvalue weighted by Gasteiger charge is -2.06. The Balaban J connectivity index is 1.59. The highest BCUT2D eigenvalue weighted by atomic mass is 15.3. The van der Waals surface area contributed by atoms with Crippen molar-refractivity contribution >= 4 is 22.5 Å². The molecule has 4 aromatic rings. The number of nitrogens with zero attached hydrogens (tertiary/aromatic N) is 5. The second-order valence-corrected chi connectivity index (χ2v) is 6.01. The fraction of sp³-hybridized carbons (Fsp3) is 0.211. The maximum absolute atomic E-state index is 4.50. The van der Waals surface area contributed by atoms with Crippen LogP contribution in [0.15, 0.2) is 61.1 Å². The normalized spacial score (nSPS) is 11.1. The number of hydrogen-bond donors (Lipinski definition) is 1. The van der Waals surface area contributed by atoms with E-state index in [2.05, 4.69) is 39.6 Å². The van der Waals surface area contributed by atoms with Gasteiger partial charge >= 0.3 is 0 Å². The molecule has 0 saturated carbocycles. The van der Waals surface area contributed by atoms with Crippen molar-refractivity contribution in [1.29, 1.82) is 0 Å². The number of aromatic nitrogens is 5. The monoisotopic (exact) mass is 332 g/mol. The molecule has 0 fully saturated rings. The van der Waals surface area contributed by atoms with Gasteiger partial charge in [-0.3, -0.25) is 9.36 Å². The molecular formula is C19H20N6. The zero-order chi connectivity index (χ0) is 17.1. The van der Waals surface area contributed by atoms with E-state index < -0.39 is 0 Å². The maximum atomic E-state index is 4.50. The average Bonchev–Trinajstić information content (AvgIpc) is 3.24. The van der Waals surface area contributed by atoms with Gasteiger partial charge in [-0.05, 0) is 12.0 Å². The molecule has 126 valence electrons. The van der Waals surface area contributed by atoms with Crippen molar-refractivity contribution in [1.82, 2.24) is 24.5 Å². The van der Waals surface area contributed by atoms with Gasteiger partial charge in [-0.1, -0.05) is 37.3 Å². The van der Waals surface area contributed by atoms with Crippen LogP contribution in [0, 0.1) is 0 Å². The minimum Gasteiger partial charge on any atom is -0.323 e. The zero-order valence-corrected chi connectivity index (χ0v) is 14.1. The van der Waals surface area contributed by atoms with Crippen LogP contribution < -0.4 is 5.32 Å². The van der Waals surface area contributed by atoms with Gasteiger partial charge in [0.15, 0.2) is 5.82 Å². The van der Waals surface area contributed by atoms with E-state index in [0.717, 1.165) is 42.0 Å². The highest BCUT2D eigenvalue weighted by Crippen LogP contribution is 2.20. The molecule has 1 N–H and O–H groups in total. The molecule has 4 rings (SSSR count). The molecule has 3 aromatic heterocycles. The average molecular weight is 332 g/mol. The van der Waals surface area contributed by atoms with Gasteiger partial charge in [0.25, 0.3) is 0 Å². The van der Waals surface area contributed by atoms with Crippen molar-refractivity contribution in [2.24, 2.45) is 0 Å². The fourth-order valence-corrected chi connectivity index (χ4v) is 2.84. The van der Waals surface area contributed by atoms with Crippen LogP contribution in [0.3, 0.4) is 0 Å². The number of fused-ring (bicyclic) bond motifs is 1. The first kappa shape index (κ1) is 15.4. The van der Waals surface area contributed by atoms with Crippen molar-refractivity contribution < 1.29 is 0 Å². The molecule has 0 spiro atoms. The largest absolute Gasteiger partial charge is 0.323 e. The summed E-state index contributed by atoms with van der Waals surface area (Å²) in [5.74, 6) is 1.57. The zero-order valence-electron chi connectivity index (χ0n) is 14.1. The summed E-state index contributed by atoms with van der Waals surface area (Å²) in [7, 11) is 0.